The molecule has 0 bridgehead atoms. The van der Waals surface area contributed by atoms with Gasteiger partial charge in [0.15, 0.2) is 0 Å². The highest BCUT2D eigenvalue weighted by atomic mass is 16.6. The van der Waals surface area contributed by atoms with Crippen LogP contribution in [-0.4, -0.2) is 34.4 Å². The van der Waals surface area contributed by atoms with E-state index in [4.69, 9.17) is 9.36 Å². The average molecular weight is 366 g/mol. The van der Waals surface area contributed by atoms with Crippen LogP contribution in [-0.2, 0) is 9.63 Å². The number of hydrogen-bond acceptors (Lipinski definition) is 6. The van der Waals surface area contributed by atoms with Gasteiger partial charge in [0.25, 0.3) is 0 Å². The molecule has 7 nitrogen and oxygen atoms in total. The molecule has 2 heterocycles. The van der Waals surface area contributed by atoms with E-state index in [-0.39, 0.29) is 24.3 Å². The van der Waals surface area contributed by atoms with Crippen molar-refractivity contribution in [3.8, 4) is 11.4 Å². The van der Waals surface area contributed by atoms with Crippen LogP contribution in [0.15, 0.2) is 59.3 Å². The van der Waals surface area contributed by atoms with Gasteiger partial charge in [-0.1, -0.05) is 46.7 Å². The second kappa shape index (κ2) is 8.44. The minimum Gasteiger partial charge on any atom is -0.391 e. The van der Waals surface area contributed by atoms with Gasteiger partial charge in [0.2, 0.25) is 17.6 Å². The number of carbonyl (C=O) groups excluding carboxylic acids is 1. The average Bonchev–Trinajstić information content (AvgIpc) is 3.32. The summed E-state index contributed by atoms with van der Waals surface area (Å²) in [6, 6.07) is 7.69. The van der Waals surface area contributed by atoms with Crippen molar-refractivity contribution in [1.82, 2.24) is 15.5 Å². The number of nitrogens with one attached hydrogen (secondary N) is 1. The van der Waals surface area contributed by atoms with Gasteiger partial charge < -0.3 is 14.7 Å². The van der Waals surface area contributed by atoms with Crippen molar-refractivity contribution in [2.24, 2.45) is 11.1 Å². The molecule has 1 atom stereocenters. The number of hydrogen-bond donors (Lipinski definition) is 1. The highest BCUT2D eigenvalue weighted by molar-refractivity contribution is 6.01. The second-order valence-corrected chi connectivity index (χ2v) is 6.33. The molecular formula is C20H22N4O3. The van der Waals surface area contributed by atoms with Crippen LogP contribution < -0.4 is 5.32 Å². The predicted octanol–water partition coefficient (Wildman–Crippen LogP) is 3.03. The number of amides is 1. The van der Waals surface area contributed by atoms with Crippen LogP contribution in [0, 0.1) is 12.8 Å². The summed E-state index contributed by atoms with van der Waals surface area (Å²) in [5, 5.41) is 10.9. The molecule has 1 unspecified atom stereocenters. The van der Waals surface area contributed by atoms with Gasteiger partial charge in [0, 0.05) is 31.4 Å². The van der Waals surface area contributed by atoms with E-state index in [1.165, 1.54) is 0 Å². The lowest BCUT2D eigenvalue weighted by Gasteiger charge is -2.11. The third kappa shape index (κ3) is 4.69. The molecule has 1 amide bonds. The molecule has 1 aliphatic rings. The van der Waals surface area contributed by atoms with Gasteiger partial charge in [-0.15, -0.1) is 13.2 Å². The van der Waals surface area contributed by atoms with E-state index >= 15 is 0 Å². The quantitative estimate of drug-likeness (QED) is 0.725. The first-order chi connectivity index (χ1) is 13.1. The second-order valence-electron chi connectivity index (χ2n) is 6.33. The molecular weight excluding hydrogens is 344 g/mol. The van der Waals surface area contributed by atoms with Crippen molar-refractivity contribution in [3.05, 3.63) is 61.0 Å². The van der Waals surface area contributed by atoms with Crippen LogP contribution in [0.25, 0.3) is 11.4 Å². The van der Waals surface area contributed by atoms with Gasteiger partial charge in [0.05, 0.1) is 12.1 Å². The molecule has 1 aliphatic heterocycles. The van der Waals surface area contributed by atoms with E-state index in [1.54, 1.807) is 19.1 Å². The topological polar surface area (TPSA) is 89.6 Å². The highest BCUT2D eigenvalue weighted by Crippen LogP contribution is 2.22. The molecule has 0 saturated carbocycles. The Morgan fingerprint density at radius 1 is 1.30 bits per heavy atom. The maximum atomic E-state index is 12.0. The first-order valence-electron chi connectivity index (χ1n) is 8.74. The number of rotatable bonds is 8. The summed E-state index contributed by atoms with van der Waals surface area (Å²) in [4.78, 5) is 21.7. The monoisotopic (exact) mass is 366 g/mol. The van der Waals surface area contributed by atoms with Crippen LogP contribution in [0.5, 0.6) is 0 Å². The van der Waals surface area contributed by atoms with Gasteiger partial charge in [-0.2, -0.15) is 4.98 Å². The highest BCUT2D eigenvalue weighted by Gasteiger charge is 2.25. The van der Waals surface area contributed by atoms with Crippen molar-refractivity contribution in [2.75, 3.05) is 6.54 Å². The van der Waals surface area contributed by atoms with Crippen molar-refractivity contribution in [2.45, 2.75) is 25.9 Å². The van der Waals surface area contributed by atoms with E-state index in [0.29, 0.717) is 24.7 Å². The van der Waals surface area contributed by atoms with Crippen LogP contribution >= 0.6 is 0 Å². The molecule has 2 aromatic rings. The van der Waals surface area contributed by atoms with Crippen molar-refractivity contribution in [3.63, 3.8) is 0 Å². The summed E-state index contributed by atoms with van der Waals surface area (Å²) in [5.74, 6) is 1.06. The fourth-order valence-corrected chi connectivity index (χ4v) is 2.71. The third-order valence-corrected chi connectivity index (χ3v) is 4.29. The van der Waals surface area contributed by atoms with Gasteiger partial charge >= 0.3 is 0 Å². The lowest BCUT2D eigenvalue weighted by Crippen LogP contribution is -2.30. The van der Waals surface area contributed by atoms with Gasteiger partial charge in [-0.25, -0.2) is 0 Å². The molecule has 3 rings (SSSR count). The zero-order valence-electron chi connectivity index (χ0n) is 15.2. The lowest BCUT2D eigenvalue weighted by atomic mass is 10.0. The maximum absolute atomic E-state index is 12.0. The Bertz CT molecular complexity index is 846. The van der Waals surface area contributed by atoms with Gasteiger partial charge in [-0.05, 0) is 5.56 Å². The van der Waals surface area contributed by atoms with E-state index in [9.17, 15) is 4.79 Å². The number of aromatic nitrogens is 2. The zero-order valence-corrected chi connectivity index (χ0v) is 15.2. The first kappa shape index (κ1) is 18.6. The number of carbonyl (C=O) groups is 1. The minimum atomic E-state index is -0.259. The molecule has 0 radical (unpaired) electrons. The standard InChI is InChI=1S/C20H22N4O3/c1-4-14(5-2)12-21-19(25)11-17-10-18(23-27-17)15-6-8-16(9-7-15)20-22-13(3)26-24-20/h4-9,14,17H,1-2,10-12H2,3H3,(H,21,25). The summed E-state index contributed by atoms with van der Waals surface area (Å²) in [6.07, 6.45) is 4.08. The van der Waals surface area contributed by atoms with E-state index in [0.717, 1.165) is 16.8 Å². The minimum absolute atomic E-state index is 0.0618. The van der Waals surface area contributed by atoms with Crippen LogP contribution in [0.2, 0.25) is 0 Å². The molecule has 0 spiro atoms. The van der Waals surface area contributed by atoms with Crippen LogP contribution in [0.4, 0.5) is 0 Å². The Hall–Kier alpha value is -3.22. The molecule has 1 N–H and O–H groups in total. The third-order valence-electron chi connectivity index (χ3n) is 4.29. The van der Waals surface area contributed by atoms with Crippen molar-refractivity contribution in [1.29, 1.82) is 0 Å². The molecule has 0 fully saturated rings. The first-order valence-corrected chi connectivity index (χ1v) is 8.74. The zero-order chi connectivity index (χ0) is 19.2. The van der Waals surface area contributed by atoms with Crippen molar-refractivity contribution < 1.29 is 14.2 Å². The fraction of sp³-hybridized carbons (Fsp3) is 0.300. The van der Waals surface area contributed by atoms with Crippen LogP contribution in [0.3, 0.4) is 0 Å². The Morgan fingerprint density at radius 2 is 2.00 bits per heavy atom. The SMILES string of the molecule is C=CC(C=C)CNC(=O)CC1CC(c2ccc(-c3noc(C)n3)cc2)=NO1. The fourth-order valence-electron chi connectivity index (χ4n) is 2.71. The Kier molecular flexibility index (Phi) is 5.80. The number of nitrogens with zero attached hydrogens (tertiary/aromatic N) is 3. The molecule has 0 aliphatic carbocycles. The normalized spacial score (nSPS) is 15.9. The lowest BCUT2D eigenvalue weighted by molar-refractivity contribution is -0.123. The molecule has 7 heteroatoms. The molecule has 27 heavy (non-hydrogen) atoms. The molecule has 1 aromatic heterocycles. The molecule has 1 aromatic carbocycles. The summed E-state index contributed by atoms with van der Waals surface area (Å²) in [6.45, 7) is 9.65. The number of oxime groups is 1. The summed E-state index contributed by atoms with van der Waals surface area (Å²) < 4.78 is 5.00. The number of benzene rings is 1. The van der Waals surface area contributed by atoms with E-state index in [2.05, 4.69) is 33.8 Å². The number of aryl methyl sites for hydroxylation is 1. The van der Waals surface area contributed by atoms with Gasteiger partial charge in [-0.3, -0.25) is 4.79 Å². The molecule has 140 valence electrons. The largest absolute Gasteiger partial charge is 0.391 e. The summed E-state index contributed by atoms with van der Waals surface area (Å²) in [7, 11) is 0. The predicted molar refractivity (Wildman–Crippen MR) is 102 cm³/mol. The maximum Gasteiger partial charge on any atom is 0.223 e. The Labute approximate surface area is 157 Å². The summed E-state index contributed by atoms with van der Waals surface area (Å²) in [5.41, 5.74) is 2.63. The molecule has 0 saturated heterocycles. The summed E-state index contributed by atoms with van der Waals surface area (Å²) >= 11 is 0. The Balaban J connectivity index is 1.52. The van der Waals surface area contributed by atoms with Crippen LogP contribution in [0.1, 0.15) is 24.3 Å². The smallest absolute Gasteiger partial charge is 0.223 e. The van der Waals surface area contributed by atoms with Gasteiger partial charge in [0.1, 0.15) is 6.10 Å². The van der Waals surface area contributed by atoms with E-state index in [1.807, 2.05) is 24.3 Å². The Morgan fingerprint density at radius 3 is 2.63 bits per heavy atom. The van der Waals surface area contributed by atoms with Crippen molar-refractivity contribution >= 4 is 11.6 Å². The van der Waals surface area contributed by atoms with E-state index < -0.39 is 0 Å².